The van der Waals surface area contributed by atoms with Crippen LogP contribution in [0, 0.1) is 0 Å². The van der Waals surface area contributed by atoms with Crippen molar-refractivity contribution in [2.24, 2.45) is 0 Å². The molecule has 0 spiro atoms. The van der Waals surface area contributed by atoms with E-state index in [0.717, 1.165) is 12.8 Å². The number of hydrogen-bond acceptors (Lipinski definition) is 7. The fraction of sp³-hybridized carbons (Fsp3) is 0.579. The van der Waals surface area contributed by atoms with Gasteiger partial charge in [-0.25, -0.2) is 9.59 Å². The highest BCUT2D eigenvalue weighted by Gasteiger charge is 2.18. The summed E-state index contributed by atoms with van der Waals surface area (Å²) in [5.41, 5.74) is -0.282. The van der Waals surface area contributed by atoms with Crippen LogP contribution in [0.15, 0.2) is 18.2 Å². The topological polar surface area (TPSA) is 80.3 Å². The van der Waals surface area contributed by atoms with E-state index < -0.39 is 17.5 Å². The zero-order chi connectivity index (χ0) is 19.6. The minimum absolute atomic E-state index is 0.234. The molecule has 1 rings (SSSR count). The van der Waals surface area contributed by atoms with Crippen LogP contribution in [-0.4, -0.2) is 51.6 Å². The lowest BCUT2D eigenvalue weighted by Gasteiger charge is -2.19. The van der Waals surface area contributed by atoms with E-state index in [0.29, 0.717) is 30.3 Å². The van der Waals surface area contributed by atoms with Gasteiger partial charge in [-0.1, -0.05) is 0 Å². The van der Waals surface area contributed by atoms with E-state index in [9.17, 15) is 9.59 Å². The molecule has 0 bridgehead atoms. The van der Waals surface area contributed by atoms with E-state index >= 15 is 0 Å². The fourth-order valence-electron chi connectivity index (χ4n) is 2.03. The Balaban J connectivity index is 2.73. The maximum absolute atomic E-state index is 11.9. The van der Waals surface area contributed by atoms with Gasteiger partial charge in [-0.15, -0.1) is 0 Å². The number of hydrogen-bond donors (Lipinski definition) is 0. The van der Waals surface area contributed by atoms with Gasteiger partial charge < -0.3 is 23.7 Å². The standard InChI is InChI=1S/C19H28O7/c1-19(2,3)26-17(20)13-25-14-8-9-15(18(21)23-5)16(12-14)24-11-7-6-10-22-4/h8-9,12H,6-7,10-11,13H2,1-5H3. The highest BCUT2D eigenvalue weighted by molar-refractivity contribution is 5.92. The summed E-state index contributed by atoms with van der Waals surface area (Å²) in [6.07, 6.45) is 1.62. The van der Waals surface area contributed by atoms with Crippen molar-refractivity contribution in [2.45, 2.75) is 39.2 Å². The number of benzene rings is 1. The molecule has 1 aromatic carbocycles. The van der Waals surface area contributed by atoms with Crippen molar-refractivity contribution in [2.75, 3.05) is 34.0 Å². The first-order valence-corrected chi connectivity index (χ1v) is 8.45. The van der Waals surface area contributed by atoms with Crippen LogP contribution in [0.3, 0.4) is 0 Å². The second-order valence-corrected chi connectivity index (χ2v) is 6.57. The molecular formula is C19H28O7. The smallest absolute Gasteiger partial charge is 0.344 e. The third-order valence-electron chi connectivity index (χ3n) is 3.14. The van der Waals surface area contributed by atoms with Crippen molar-refractivity contribution in [3.63, 3.8) is 0 Å². The third kappa shape index (κ3) is 8.20. The summed E-state index contributed by atoms with van der Waals surface area (Å²) in [5, 5.41) is 0. The van der Waals surface area contributed by atoms with Crippen molar-refractivity contribution in [3.8, 4) is 11.5 Å². The van der Waals surface area contributed by atoms with Crippen LogP contribution in [0.2, 0.25) is 0 Å². The lowest BCUT2D eigenvalue weighted by molar-refractivity contribution is -0.157. The Labute approximate surface area is 154 Å². The summed E-state index contributed by atoms with van der Waals surface area (Å²) < 4.78 is 26.1. The summed E-state index contributed by atoms with van der Waals surface area (Å²) in [6.45, 7) is 6.18. The monoisotopic (exact) mass is 368 g/mol. The molecule has 0 heterocycles. The Morgan fingerprint density at radius 1 is 1.00 bits per heavy atom. The molecule has 0 fully saturated rings. The average molecular weight is 368 g/mol. The second-order valence-electron chi connectivity index (χ2n) is 6.57. The minimum atomic E-state index is -0.578. The Hall–Kier alpha value is -2.28. The lowest BCUT2D eigenvalue weighted by Crippen LogP contribution is -2.27. The van der Waals surface area contributed by atoms with Gasteiger partial charge in [0.25, 0.3) is 0 Å². The van der Waals surface area contributed by atoms with Crippen molar-refractivity contribution in [1.82, 2.24) is 0 Å². The molecule has 0 saturated heterocycles. The van der Waals surface area contributed by atoms with E-state index in [1.165, 1.54) is 7.11 Å². The molecule has 0 aromatic heterocycles. The molecule has 0 atom stereocenters. The fourth-order valence-corrected chi connectivity index (χ4v) is 2.03. The molecule has 7 nitrogen and oxygen atoms in total. The molecule has 26 heavy (non-hydrogen) atoms. The van der Waals surface area contributed by atoms with Gasteiger partial charge in [0.05, 0.1) is 13.7 Å². The molecule has 0 unspecified atom stereocenters. The van der Waals surface area contributed by atoms with Crippen LogP contribution >= 0.6 is 0 Å². The summed E-state index contributed by atoms with van der Waals surface area (Å²) >= 11 is 0. The molecule has 0 aliphatic rings. The molecule has 0 amide bonds. The minimum Gasteiger partial charge on any atom is -0.493 e. The Morgan fingerprint density at radius 2 is 1.69 bits per heavy atom. The molecule has 0 radical (unpaired) electrons. The van der Waals surface area contributed by atoms with E-state index in [1.807, 2.05) is 0 Å². The summed E-state index contributed by atoms with van der Waals surface area (Å²) in [5.74, 6) is -0.237. The maximum Gasteiger partial charge on any atom is 0.344 e. The summed E-state index contributed by atoms with van der Waals surface area (Å²) in [4.78, 5) is 23.6. The lowest BCUT2D eigenvalue weighted by atomic mass is 10.2. The van der Waals surface area contributed by atoms with Gasteiger partial charge in [0, 0.05) is 19.8 Å². The average Bonchev–Trinajstić information content (AvgIpc) is 2.57. The number of carbonyl (C=O) groups is 2. The van der Waals surface area contributed by atoms with Crippen LogP contribution in [0.1, 0.15) is 44.0 Å². The van der Waals surface area contributed by atoms with Gasteiger partial charge in [-0.05, 0) is 45.7 Å². The number of methoxy groups -OCH3 is 2. The Bertz CT molecular complexity index is 590. The Kier molecular flexibility index (Phi) is 8.92. The van der Waals surface area contributed by atoms with E-state index in [-0.39, 0.29) is 6.61 Å². The van der Waals surface area contributed by atoms with Gasteiger partial charge in [0.1, 0.15) is 22.7 Å². The van der Waals surface area contributed by atoms with Crippen LogP contribution in [0.25, 0.3) is 0 Å². The molecular weight excluding hydrogens is 340 g/mol. The molecule has 0 saturated carbocycles. The highest BCUT2D eigenvalue weighted by atomic mass is 16.6. The molecule has 0 N–H and O–H groups in total. The highest BCUT2D eigenvalue weighted by Crippen LogP contribution is 2.26. The zero-order valence-electron chi connectivity index (χ0n) is 16.1. The van der Waals surface area contributed by atoms with Crippen LogP contribution in [0.4, 0.5) is 0 Å². The van der Waals surface area contributed by atoms with E-state index in [2.05, 4.69) is 0 Å². The normalized spacial score (nSPS) is 11.0. The first-order chi connectivity index (χ1) is 12.3. The summed E-state index contributed by atoms with van der Waals surface area (Å²) in [7, 11) is 2.94. The first-order valence-electron chi connectivity index (χ1n) is 8.45. The number of carbonyl (C=O) groups excluding carboxylic acids is 2. The second kappa shape index (κ2) is 10.7. The number of ether oxygens (including phenoxy) is 5. The quantitative estimate of drug-likeness (QED) is 0.464. The van der Waals surface area contributed by atoms with Crippen molar-refractivity contribution < 1.29 is 33.3 Å². The Morgan fingerprint density at radius 3 is 2.31 bits per heavy atom. The molecule has 1 aromatic rings. The molecule has 7 heteroatoms. The molecule has 0 aliphatic heterocycles. The van der Waals surface area contributed by atoms with Crippen LogP contribution < -0.4 is 9.47 Å². The maximum atomic E-state index is 11.9. The SMILES string of the molecule is COCCCCOc1cc(OCC(=O)OC(C)(C)C)ccc1C(=O)OC. The zero-order valence-corrected chi connectivity index (χ0v) is 16.1. The van der Waals surface area contributed by atoms with Gasteiger partial charge in [-0.3, -0.25) is 0 Å². The van der Waals surface area contributed by atoms with Gasteiger partial charge in [0.2, 0.25) is 0 Å². The van der Waals surface area contributed by atoms with Crippen molar-refractivity contribution in [1.29, 1.82) is 0 Å². The van der Waals surface area contributed by atoms with E-state index in [4.69, 9.17) is 23.7 Å². The number of rotatable bonds is 10. The third-order valence-corrected chi connectivity index (χ3v) is 3.14. The molecule has 0 aliphatic carbocycles. The van der Waals surface area contributed by atoms with Crippen molar-refractivity contribution in [3.05, 3.63) is 23.8 Å². The predicted octanol–water partition coefficient (Wildman–Crippen LogP) is 3.00. The van der Waals surface area contributed by atoms with E-state index in [1.54, 1.807) is 46.1 Å². The largest absolute Gasteiger partial charge is 0.493 e. The van der Waals surface area contributed by atoms with Crippen LogP contribution in [-0.2, 0) is 19.0 Å². The predicted molar refractivity (Wildman–Crippen MR) is 95.7 cm³/mol. The summed E-state index contributed by atoms with van der Waals surface area (Å²) in [6, 6.07) is 4.68. The van der Waals surface area contributed by atoms with Crippen LogP contribution in [0.5, 0.6) is 11.5 Å². The number of unbranched alkanes of at least 4 members (excludes halogenated alkanes) is 1. The van der Waals surface area contributed by atoms with Gasteiger partial charge in [-0.2, -0.15) is 0 Å². The first kappa shape index (κ1) is 21.8. The van der Waals surface area contributed by atoms with Gasteiger partial charge in [0.15, 0.2) is 6.61 Å². The van der Waals surface area contributed by atoms with Crippen molar-refractivity contribution >= 4 is 11.9 Å². The number of esters is 2. The molecule has 146 valence electrons. The van der Waals surface area contributed by atoms with Gasteiger partial charge >= 0.3 is 11.9 Å².